The number of rotatable bonds is 4. The molecule has 0 bridgehead atoms. The predicted molar refractivity (Wildman–Crippen MR) is 94.8 cm³/mol. The molecule has 0 aromatic heterocycles. The quantitative estimate of drug-likeness (QED) is 0.920. The van der Waals surface area contributed by atoms with Crippen LogP contribution < -0.4 is 14.8 Å². The Balaban J connectivity index is 1.61. The van der Waals surface area contributed by atoms with Crippen LogP contribution in [0.4, 0.5) is 5.69 Å². The van der Waals surface area contributed by atoms with Crippen LogP contribution in [-0.2, 0) is 11.2 Å². The van der Waals surface area contributed by atoms with Gasteiger partial charge in [0.05, 0.1) is 0 Å². The highest BCUT2D eigenvalue weighted by Gasteiger charge is 2.26. The molecular weight excluding hydrogens is 302 g/mol. The molecule has 1 aliphatic heterocycles. The van der Waals surface area contributed by atoms with E-state index < -0.39 is 0 Å². The predicted octanol–water partition coefficient (Wildman–Crippen LogP) is 4.12. The maximum absolute atomic E-state index is 12.1. The van der Waals surface area contributed by atoms with Gasteiger partial charge < -0.3 is 14.8 Å². The van der Waals surface area contributed by atoms with Gasteiger partial charge in [-0.05, 0) is 56.9 Å². The molecule has 2 aromatic carbocycles. The Bertz CT molecular complexity index is 752. The van der Waals surface area contributed by atoms with Crippen LogP contribution in [0, 0.1) is 6.92 Å². The molecule has 126 valence electrons. The van der Waals surface area contributed by atoms with E-state index in [4.69, 9.17) is 9.47 Å². The summed E-state index contributed by atoms with van der Waals surface area (Å²) in [4.78, 5) is 12.1. The number of aryl methyl sites for hydroxylation is 2. The molecule has 0 radical (unpaired) electrons. The second kappa shape index (κ2) is 6.56. The lowest BCUT2D eigenvalue weighted by molar-refractivity contribution is -0.118. The zero-order chi connectivity index (χ0) is 17.2. The van der Waals surface area contributed by atoms with Gasteiger partial charge in [-0.25, -0.2) is 0 Å². The van der Waals surface area contributed by atoms with E-state index in [9.17, 15) is 4.79 Å². The van der Waals surface area contributed by atoms with E-state index in [0.29, 0.717) is 5.75 Å². The number of carbonyl (C=O) groups excluding carboxylic acids is 1. The number of nitrogens with one attached hydrogen (secondary N) is 1. The Morgan fingerprint density at radius 3 is 2.83 bits per heavy atom. The highest BCUT2D eigenvalue weighted by molar-refractivity contribution is 5.92. The molecule has 3 rings (SSSR count). The van der Waals surface area contributed by atoms with Gasteiger partial charge in [-0.3, -0.25) is 4.79 Å². The largest absolute Gasteiger partial charge is 0.487 e. The molecule has 1 amide bonds. The fraction of sp³-hybridized carbons (Fsp3) is 0.350. The van der Waals surface area contributed by atoms with E-state index in [1.54, 1.807) is 0 Å². The smallest absolute Gasteiger partial charge is 0.262 e. The lowest BCUT2D eigenvalue weighted by Crippen LogP contribution is -2.32. The Kier molecular flexibility index (Phi) is 4.47. The summed E-state index contributed by atoms with van der Waals surface area (Å²) in [6.07, 6.45) is 2.00. The van der Waals surface area contributed by atoms with Crippen molar-refractivity contribution in [1.82, 2.24) is 0 Å². The average molecular weight is 325 g/mol. The second-order valence-corrected chi connectivity index (χ2v) is 6.78. The van der Waals surface area contributed by atoms with Gasteiger partial charge >= 0.3 is 0 Å². The molecule has 1 N–H and O–H groups in total. The van der Waals surface area contributed by atoms with Crippen molar-refractivity contribution in [2.24, 2.45) is 0 Å². The summed E-state index contributed by atoms with van der Waals surface area (Å²) in [5.41, 5.74) is 2.86. The van der Waals surface area contributed by atoms with Gasteiger partial charge in [-0.2, -0.15) is 0 Å². The third-order valence-corrected chi connectivity index (χ3v) is 4.21. The topological polar surface area (TPSA) is 47.6 Å². The van der Waals surface area contributed by atoms with Gasteiger partial charge in [0.25, 0.3) is 5.91 Å². The maximum Gasteiger partial charge on any atom is 0.262 e. The van der Waals surface area contributed by atoms with Gasteiger partial charge in [0.1, 0.15) is 17.1 Å². The van der Waals surface area contributed by atoms with Crippen molar-refractivity contribution in [2.75, 3.05) is 11.9 Å². The number of amides is 1. The number of fused-ring (bicyclic) bond motifs is 1. The number of carbonyl (C=O) groups is 1. The summed E-state index contributed by atoms with van der Waals surface area (Å²) in [5, 5.41) is 2.86. The van der Waals surface area contributed by atoms with Crippen LogP contribution in [0.5, 0.6) is 11.5 Å². The maximum atomic E-state index is 12.1. The number of anilines is 1. The van der Waals surface area contributed by atoms with Gasteiger partial charge in [0, 0.05) is 11.8 Å². The molecule has 0 spiro atoms. The van der Waals surface area contributed by atoms with E-state index in [1.165, 1.54) is 5.56 Å². The normalized spacial score (nSPS) is 15.1. The van der Waals surface area contributed by atoms with E-state index in [-0.39, 0.29) is 18.1 Å². The summed E-state index contributed by atoms with van der Waals surface area (Å²) in [6.45, 7) is 6.09. The van der Waals surface area contributed by atoms with Crippen molar-refractivity contribution >= 4 is 11.6 Å². The third-order valence-electron chi connectivity index (χ3n) is 4.21. The van der Waals surface area contributed by atoms with E-state index in [1.807, 2.05) is 49.4 Å². The fourth-order valence-electron chi connectivity index (χ4n) is 2.76. The average Bonchev–Trinajstić information content (AvgIpc) is 2.54. The molecule has 4 nitrogen and oxygen atoms in total. The summed E-state index contributed by atoms with van der Waals surface area (Å²) < 4.78 is 11.6. The first-order chi connectivity index (χ1) is 11.4. The summed E-state index contributed by atoms with van der Waals surface area (Å²) >= 11 is 0. The van der Waals surface area contributed by atoms with Crippen LogP contribution in [-0.4, -0.2) is 18.1 Å². The van der Waals surface area contributed by atoms with Crippen molar-refractivity contribution < 1.29 is 14.3 Å². The highest BCUT2D eigenvalue weighted by atomic mass is 16.5. The summed E-state index contributed by atoms with van der Waals surface area (Å²) in [7, 11) is 0. The molecule has 0 aliphatic carbocycles. The molecule has 2 aromatic rings. The SMILES string of the molecule is Cc1ccccc1NC(=O)COc1ccc2c(c1)OC(C)(C)CC2. The van der Waals surface area contributed by atoms with Crippen molar-refractivity contribution in [3.05, 3.63) is 53.6 Å². The summed E-state index contributed by atoms with van der Waals surface area (Å²) in [6, 6.07) is 13.4. The Hall–Kier alpha value is -2.49. The number of ether oxygens (including phenoxy) is 2. The van der Waals surface area contributed by atoms with Gasteiger partial charge in [0.2, 0.25) is 0 Å². The third kappa shape index (κ3) is 3.88. The molecule has 0 fully saturated rings. The molecule has 0 saturated carbocycles. The molecule has 1 heterocycles. The minimum atomic E-state index is -0.178. The fourth-order valence-corrected chi connectivity index (χ4v) is 2.76. The van der Waals surface area contributed by atoms with E-state index in [0.717, 1.165) is 29.8 Å². The second-order valence-electron chi connectivity index (χ2n) is 6.78. The molecular formula is C20H23NO3. The van der Waals surface area contributed by atoms with Crippen LogP contribution in [0.25, 0.3) is 0 Å². The lowest BCUT2D eigenvalue weighted by Gasteiger charge is -2.32. The van der Waals surface area contributed by atoms with Gasteiger partial charge in [-0.15, -0.1) is 0 Å². The number of hydrogen-bond donors (Lipinski definition) is 1. The van der Waals surface area contributed by atoms with Crippen LogP contribution >= 0.6 is 0 Å². The van der Waals surface area contributed by atoms with Crippen LogP contribution in [0.1, 0.15) is 31.4 Å². The van der Waals surface area contributed by atoms with Crippen LogP contribution in [0.3, 0.4) is 0 Å². The monoisotopic (exact) mass is 325 g/mol. The van der Waals surface area contributed by atoms with Crippen molar-refractivity contribution in [1.29, 1.82) is 0 Å². The van der Waals surface area contributed by atoms with Crippen LogP contribution in [0.15, 0.2) is 42.5 Å². The van der Waals surface area contributed by atoms with E-state index >= 15 is 0 Å². The first kappa shape index (κ1) is 16.4. The van der Waals surface area contributed by atoms with E-state index in [2.05, 4.69) is 19.2 Å². The number of hydrogen-bond acceptors (Lipinski definition) is 3. The number of benzene rings is 2. The summed E-state index contributed by atoms with van der Waals surface area (Å²) in [5.74, 6) is 1.32. The first-order valence-corrected chi connectivity index (χ1v) is 8.23. The first-order valence-electron chi connectivity index (χ1n) is 8.23. The zero-order valence-electron chi connectivity index (χ0n) is 14.4. The minimum absolute atomic E-state index is 0.0312. The lowest BCUT2D eigenvalue weighted by atomic mass is 9.94. The van der Waals surface area contributed by atoms with Crippen molar-refractivity contribution in [3.8, 4) is 11.5 Å². The molecule has 0 saturated heterocycles. The Morgan fingerprint density at radius 2 is 2.04 bits per heavy atom. The van der Waals surface area contributed by atoms with Gasteiger partial charge in [-0.1, -0.05) is 24.3 Å². The standard InChI is InChI=1S/C20H23NO3/c1-14-6-4-5-7-17(14)21-19(22)13-23-16-9-8-15-10-11-20(2,3)24-18(15)12-16/h4-9,12H,10-11,13H2,1-3H3,(H,21,22). The Labute approximate surface area is 142 Å². The minimum Gasteiger partial charge on any atom is -0.487 e. The highest BCUT2D eigenvalue weighted by Crippen LogP contribution is 2.35. The van der Waals surface area contributed by atoms with Crippen molar-refractivity contribution in [3.63, 3.8) is 0 Å². The molecule has 0 atom stereocenters. The molecule has 0 unspecified atom stereocenters. The molecule has 1 aliphatic rings. The molecule has 24 heavy (non-hydrogen) atoms. The number of para-hydroxylation sites is 1. The van der Waals surface area contributed by atoms with Crippen molar-refractivity contribution in [2.45, 2.75) is 39.2 Å². The zero-order valence-corrected chi connectivity index (χ0v) is 14.4. The molecule has 4 heteroatoms. The Morgan fingerprint density at radius 1 is 1.25 bits per heavy atom. The van der Waals surface area contributed by atoms with Gasteiger partial charge in [0.15, 0.2) is 6.61 Å². The van der Waals surface area contributed by atoms with Crippen LogP contribution in [0.2, 0.25) is 0 Å².